The molecule has 1 aliphatic rings. The van der Waals surface area contributed by atoms with Crippen LogP contribution in [0.2, 0.25) is 0 Å². The highest BCUT2D eigenvalue weighted by Crippen LogP contribution is 2.19. The molecular formula is C14H23N5O2. The smallest absolute Gasteiger partial charge is 0.257 e. The summed E-state index contributed by atoms with van der Waals surface area (Å²) in [4.78, 5) is 26.3. The van der Waals surface area contributed by atoms with Gasteiger partial charge in [0.2, 0.25) is 5.91 Å². The maximum Gasteiger partial charge on any atom is 0.257 e. The summed E-state index contributed by atoms with van der Waals surface area (Å²) in [6, 6.07) is 0. The zero-order valence-corrected chi connectivity index (χ0v) is 12.6. The average molecular weight is 293 g/mol. The first-order valence-electron chi connectivity index (χ1n) is 7.30. The maximum absolute atomic E-state index is 12.5. The van der Waals surface area contributed by atoms with Gasteiger partial charge in [0.1, 0.15) is 0 Å². The Morgan fingerprint density at radius 2 is 2.29 bits per heavy atom. The molecule has 0 spiro atoms. The second-order valence-corrected chi connectivity index (χ2v) is 5.47. The zero-order valence-electron chi connectivity index (χ0n) is 12.6. The summed E-state index contributed by atoms with van der Waals surface area (Å²) in [7, 11) is 1.79. The van der Waals surface area contributed by atoms with Crippen molar-refractivity contribution in [3.8, 4) is 0 Å². The first-order chi connectivity index (χ1) is 10.0. The monoisotopic (exact) mass is 293 g/mol. The summed E-state index contributed by atoms with van der Waals surface area (Å²) in [6.45, 7) is 3.88. The van der Waals surface area contributed by atoms with E-state index < -0.39 is 0 Å². The van der Waals surface area contributed by atoms with Crippen LogP contribution in [0.3, 0.4) is 0 Å². The fraction of sp³-hybridized carbons (Fsp3) is 0.643. The van der Waals surface area contributed by atoms with Gasteiger partial charge in [-0.05, 0) is 19.8 Å². The molecule has 2 heterocycles. The molecule has 0 bridgehead atoms. The molecule has 1 saturated heterocycles. The van der Waals surface area contributed by atoms with Crippen LogP contribution in [0.4, 0.5) is 0 Å². The average Bonchev–Trinajstić information content (AvgIpc) is 2.82. The summed E-state index contributed by atoms with van der Waals surface area (Å²) < 4.78 is 1.64. The van der Waals surface area contributed by atoms with E-state index in [1.807, 2.05) is 6.92 Å². The first-order valence-corrected chi connectivity index (χ1v) is 7.30. The minimum absolute atomic E-state index is 0.0131. The van der Waals surface area contributed by atoms with Crippen molar-refractivity contribution < 1.29 is 9.59 Å². The quantitative estimate of drug-likeness (QED) is 0.794. The van der Waals surface area contributed by atoms with Crippen LogP contribution in [-0.2, 0) is 11.8 Å². The number of hydrogen-bond acceptors (Lipinski definition) is 4. The van der Waals surface area contributed by atoms with E-state index in [1.165, 1.54) is 0 Å². The molecule has 0 radical (unpaired) electrons. The van der Waals surface area contributed by atoms with Gasteiger partial charge in [-0.2, -0.15) is 5.10 Å². The molecule has 1 aromatic heterocycles. The predicted molar refractivity (Wildman–Crippen MR) is 78.6 cm³/mol. The van der Waals surface area contributed by atoms with E-state index in [0.717, 1.165) is 18.5 Å². The number of nitrogens with zero attached hydrogens (tertiary/aromatic N) is 3. The Bertz CT molecular complexity index is 525. The number of piperidine rings is 1. The lowest BCUT2D eigenvalue weighted by Crippen LogP contribution is -2.46. The van der Waals surface area contributed by atoms with Crippen molar-refractivity contribution in [3.05, 3.63) is 17.5 Å². The van der Waals surface area contributed by atoms with Crippen LogP contribution >= 0.6 is 0 Å². The van der Waals surface area contributed by atoms with Crippen molar-refractivity contribution in [2.45, 2.75) is 19.8 Å². The summed E-state index contributed by atoms with van der Waals surface area (Å²) >= 11 is 0. The Labute approximate surface area is 124 Å². The Morgan fingerprint density at radius 1 is 1.52 bits per heavy atom. The van der Waals surface area contributed by atoms with Gasteiger partial charge in [-0.1, -0.05) is 0 Å². The standard InChI is InChI=1S/C14H23N5O2/c1-10-12(9-18(2)17-10)14(21)19-7-3-4-11(8-19)13(20)16-6-5-15/h9,11H,3-8,15H2,1-2H3,(H,16,20). The molecule has 0 aromatic carbocycles. The highest BCUT2D eigenvalue weighted by Gasteiger charge is 2.29. The van der Waals surface area contributed by atoms with Gasteiger partial charge < -0.3 is 16.0 Å². The van der Waals surface area contributed by atoms with Crippen LogP contribution in [0, 0.1) is 12.8 Å². The Balaban J connectivity index is 2.02. The number of nitrogens with two attached hydrogens (primary N) is 1. The molecular weight excluding hydrogens is 270 g/mol. The van der Waals surface area contributed by atoms with Gasteiger partial charge in [0, 0.05) is 39.4 Å². The normalized spacial score (nSPS) is 18.6. The van der Waals surface area contributed by atoms with Crippen LogP contribution < -0.4 is 11.1 Å². The Morgan fingerprint density at radius 3 is 2.90 bits per heavy atom. The van der Waals surface area contributed by atoms with Crippen molar-refractivity contribution in [1.29, 1.82) is 0 Å². The van der Waals surface area contributed by atoms with E-state index in [9.17, 15) is 9.59 Å². The van der Waals surface area contributed by atoms with E-state index >= 15 is 0 Å². The van der Waals surface area contributed by atoms with E-state index in [1.54, 1.807) is 22.8 Å². The van der Waals surface area contributed by atoms with Crippen LogP contribution in [-0.4, -0.2) is 52.7 Å². The third-order valence-electron chi connectivity index (χ3n) is 3.77. The highest BCUT2D eigenvalue weighted by molar-refractivity contribution is 5.95. The van der Waals surface area contributed by atoms with Crippen molar-refractivity contribution in [2.75, 3.05) is 26.2 Å². The molecule has 0 saturated carbocycles. The first kappa shape index (κ1) is 15.5. The van der Waals surface area contributed by atoms with Crippen molar-refractivity contribution >= 4 is 11.8 Å². The second-order valence-electron chi connectivity index (χ2n) is 5.47. The fourth-order valence-electron chi connectivity index (χ4n) is 2.70. The zero-order chi connectivity index (χ0) is 15.4. The lowest BCUT2D eigenvalue weighted by atomic mass is 9.96. The number of hydrogen-bond donors (Lipinski definition) is 2. The SMILES string of the molecule is Cc1nn(C)cc1C(=O)N1CCCC(C(=O)NCCN)C1. The molecule has 1 aromatic rings. The van der Waals surface area contributed by atoms with Gasteiger partial charge >= 0.3 is 0 Å². The van der Waals surface area contributed by atoms with Crippen LogP contribution in [0.5, 0.6) is 0 Å². The third-order valence-corrected chi connectivity index (χ3v) is 3.77. The van der Waals surface area contributed by atoms with Crippen LogP contribution in [0.25, 0.3) is 0 Å². The molecule has 2 rings (SSSR count). The minimum Gasteiger partial charge on any atom is -0.355 e. The number of carbonyl (C=O) groups is 2. The molecule has 7 heteroatoms. The number of nitrogens with one attached hydrogen (secondary N) is 1. The number of carbonyl (C=O) groups excluding carboxylic acids is 2. The molecule has 1 atom stereocenters. The number of amides is 2. The maximum atomic E-state index is 12.5. The lowest BCUT2D eigenvalue weighted by Gasteiger charge is -2.32. The minimum atomic E-state index is -0.147. The highest BCUT2D eigenvalue weighted by atomic mass is 16.2. The van der Waals surface area contributed by atoms with Crippen LogP contribution in [0.15, 0.2) is 6.20 Å². The third kappa shape index (κ3) is 3.60. The molecule has 1 fully saturated rings. The van der Waals surface area contributed by atoms with Gasteiger partial charge in [-0.15, -0.1) is 0 Å². The van der Waals surface area contributed by atoms with E-state index in [2.05, 4.69) is 10.4 Å². The summed E-state index contributed by atoms with van der Waals surface area (Å²) in [5, 5.41) is 7.00. The van der Waals surface area contributed by atoms with E-state index in [4.69, 9.17) is 5.73 Å². The molecule has 1 aliphatic heterocycles. The topological polar surface area (TPSA) is 93.2 Å². The number of likely N-dealkylation sites (tertiary alicyclic amines) is 1. The number of rotatable bonds is 4. The summed E-state index contributed by atoms with van der Waals surface area (Å²) in [5.74, 6) is -0.205. The van der Waals surface area contributed by atoms with Gasteiger partial charge in [0.25, 0.3) is 5.91 Å². The predicted octanol–water partition coefficient (Wildman–Crippen LogP) is -0.344. The Hall–Kier alpha value is -1.89. The largest absolute Gasteiger partial charge is 0.355 e. The van der Waals surface area contributed by atoms with Gasteiger partial charge in [-0.3, -0.25) is 14.3 Å². The van der Waals surface area contributed by atoms with Gasteiger partial charge in [-0.25, -0.2) is 0 Å². The molecule has 21 heavy (non-hydrogen) atoms. The molecule has 0 aliphatic carbocycles. The molecule has 7 nitrogen and oxygen atoms in total. The van der Waals surface area contributed by atoms with Gasteiger partial charge in [0.15, 0.2) is 0 Å². The lowest BCUT2D eigenvalue weighted by molar-refractivity contribution is -0.126. The second kappa shape index (κ2) is 6.71. The van der Waals surface area contributed by atoms with Crippen molar-refractivity contribution in [2.24, 2.45) is 18.7 Å². The summed E-state index contributed by atoms with van der Waals surface area (Å²) in [6.07, 6.45) is 3.38. The molecule has 2 amide bonds. The number of aryl methyl sites for hydroxylation is 2. The molecule has 116 valence electrons. The number of aromatic nitrogens is 2. The van der Waals surface area contributed by atoms with Crippen molar-refractivity contribution in [3.63, 3.8) is 0 Å². The fourth-order valence-corrected chi connectivity index (χ4v) is 2.70. The van der Waals surface area contributed by atoms with Crippen molar-refractivity contribution in [1.82, 2.24) is 20.0 Å². The van der Waals surface area contributed by atoms with Gasteiger partial charge in [0.05, 0.1) is 17.2 Å². The van der Waals surface area contributed by atoms with E-state index in [-0.39, 0.29) is 17.7 Å². The Kier molecular flexibility index (Phi) is 4.95. The molecule has 3 N–H and O–H groups in total. The summed E-state index contributed by atoms with van der Waals surface area (Å²) in [5.41, 5.74) is 6.72. The van der Waals surface area contributed by atoms with Crippen LogP contribution in [0.1, 0.15) is 28.9 Å². The molecule has 1 unspecified atom stereocenters. The van der Waals surface area contributed by atoms with E-state index in [0.29, 0.717) is 31.7 Å².